The molecule has 2 unspecified atom stereocenters. The summed E-state index contributed by atoms with van der Waals surface area (Å²) in [5.41, 5.74) is -0.380. The topological polar surface area (TPSA) is 43.4 Å². The zero-order valence-electron chi connectivity index (χ0n) is 16.1. The number of ether oxygens (including phenoxy) is 1. The van der Waals surface area contributed by atoms with E-state index in [2.05, 4.69) is 20.8 Å². The van der Waals surface area contributed by atoms with Gasteiger partial charge in [0.1, 0.15) is 5.78 Å². The predicted molar refractivity (Wildman–Crippen MR) is 96.4 cm³/mol. The molecule has 2 atom stereocenters. The van der Waals surface area contributed by atoms with Crippen LogP contribution in [0, 0.1) is 11.3 Å². The number of esters is 1. The van der Waals surface area contributed by atoms with Crippen molar-refractivity contribution < 1.29 is 14.3 Å². The normalized spacial score (nSPS) is 15.0. The first-order valence-corrected chi connectivity index (χ1v) is 9.58. The van der Waals surface area contributed by atoms with Gasteiger partial charge in [0.05, 0.1) is 6.61 Å². The second-order valence-corrected chi connectivity index (χ2v) is 7.17. The van der Waals surface area contributed by atoms with Crippen LogP contribution < -0.4 is 0 Å². The van der Waals surface area contributed by atoms with E-state index < -0.39 is 0 Å². The fraction of sp³-hybridized carbons (Fsp3) is 0.900. The maximum Gasteiger partial charge on any atom is 0.305 e. The molecule has 0 aliphatic carbocycles. The van der Waals surface area contributed by atoms with Crippen molar-refractivity contribution in [3.8, 4) is 0 Å². The van der Waals surface area contributed by atoms with Crippen molar-refractivity contribution in [2.24, 2.45) is 11.3 Å². The van der Waals surface area contributed by atoms with Crippen LogP contribution in [-0.2, 0) is 14.3 Å². The van der Waals surface area contributed by atoms with Crippen LogP contribution in [0.1, 0.15) is 98.8 Å². The molecule has 0 fully saturated rings. The Morgan fingerprint density at radius 2 is 1.74 bits per heavy atom. The van der Waals surface area contributed by atoms with Gasteiger partial charge in [-0.3, -0.25) is 9.59 Å². The molecule has 3 heteroatoms. The maximum absolute atomic E-state index is 12.5. The number of Topliss-reactive ketones (excluding diaryl/α,β-unsaturated/α-hetero) is 1. The second kappa shape index (κ2) is 12.5. The van der Waals surface area contributed by atoms with E-state index >= 15 is 0 Å². The summed E-state index contributed by atoms with van der Waals surface area (Å²) in [4.78, 5) is 24.3. The van der Waals surface area contributed by atoms with Crippen molar-refractivity contribution in [3.63, 3.8) is 0 Å². The summed E-state index contributed by atoms with van der Waals surface area (Å²) in [5.74, 6) is 0.736. The number of unbranched alkanes of at least 4 members (excludes halogenated alkanes) is 3. The van der Waals surface area contributed by atoms with Crippen molar-refractivity contribution in [1.29, 1.82) is 0 Å². The third kappa shape index (κ3) is 9.78. The van der Waals surface area contributed by atoms with Crippen LogP contribution in [0.4, 0.5) is 0 Å². The molecule has 0 rings (SSSR count). The van der Waals surface area contributed by atoms with Crippen LogP contribution in [0.5, 0.6) is 0 Å². The molecule has 0 spiro atoms. The van der Waals surface area contributed by atoms with E-state index in [1.807, 2.05) is 13.8 Å². The lowest BCUT2D eigenvalue weighted by Crippen LogP contribution is -2.28. The average molecular weight is 327 g/mol. The van der Waals surface area contributed by atoms with Crippen LogP contribution in [0.15, 0.2) is 0 Å². The molecular weight excluding hydrogens is 288 g/mol. The van der Waals surface area contributed by atoms with Crippen molar-refractivity contribution in [3.05, 3.63) is 0 Å². The van der Waals surface area contributed by atoms with Gasteiger partial charge in [-0.15, -0.1) is 0 Å². The third-order valence-corrected chi connectivity index (χ3v) is 5.16. The van der Waals surface area contributed by atoms with Gasteiger partial charge >= 0.3 is 5.97 Å². The van der Waals surface area contributed by atoms with E-state index in [0.717, 1.165) is 32.1 Å². The average Bonchev–Trinajstić information content (AvgIpc) is 2.56. The molecule has 0 saturated carbocycles. The van der Waals surface area contributed by atoms with E-state index in [-0.39, 0.29) is 11.4 Å². The van der Waals surface area contributed by atoms with E-state index in [4.69, 9.17) is 4.74 Å². The fourth-order valence-corrected chi connectivity index (χ4v) is 2.56. The molecule has 3 nitrogen and oxygen atoms in total. The smallest absolute Gasteiger partial charge is 0.305 e. The molecule has 0 saturated heterocycles. The molecular formula is C20H38O3. The lowest BCUT2D eigenvalue weighted by molar-refractivity contribution is -0.144. The van der Waals surface area contributed by atoms with Crippen molar-refractivity contribution >= 4 is 11.8 Å². The fourth-order valence-electron chi connectivity index (χ4n) is 2.56. The number of hydrogen-bond acceptors (Lipinski definition) is 3. The number of carbonyl (C=O) groups is 2. The summed E-state index contributed by atoms with van der Waals surface area (Å²) >= 11 is 0. The first kappa shape index (κ1) is 22.1. The summed E-state index contributed by atoms with van der Waals surface area (Å²) in [6, 6.07) is 0. The molecule has 0 heterocycles. The predicted octanol–water partition coefficient (Wildman–Crippen LogP) is 5.70. The number of ketones is 1. The van der Waals surface area contributed by atoms with E-state index in [0.29, 0.717) is 37.6 Å². The molecule has 0 aromatic heterocycles. The Bertz CT molecular complexity index is 338. The first-order chi connectivity index (χ1) is 10.9. The third-order valence-electron chi connectivity index (χ3n) is 5.16. The summed E-state index contributed by atoms with van der Waals surface area (Å²) in [5, 5.41) is 0. The number of rotatable bonds is 14. The highest BCUT2D eigenvalue weighted by molar-refractivity contribution is 5.85. The highest BCUT2D eigenvalue weighted by atomic mass is 16.5. The van der Waals surface area contributed by atoms with Gasteiger partial charge in [0, 0.05) is 18.3 Å². The van der Waals surface area contributed by atoms with Gasteiger partial charge in [-0.1, -0.05) is 60.3 Å². The van der Waals surface area contributed by atoms with Gasteiger partial charge in [0.25, 0.3) is 0 Å². The standard InChI is InChI=1S/C20H38O3/c1-6-9-10-11-16-23-19(22)14-15-20(5,8-3)18(21)13-12-17(4)7-2/h17H,6-16H2,1-5H3. The Hall–Kier alpha value is -0.860. The Morgan fingerprint density at radius 3 is 2.30 bits per heavy atom. The highest BCUT2D eigenvalue weighted by Gasteiger charge is 2.31. The summed E-state index contributed by atoms with van der Waals surface area (Å²) in [6.45, 7) is 11.1. The number of hydrogen-bond donors (Lipinski definition) is 0. The summed E-state index contributed by atoms with van der Waals surface area (Å²) < 4.78 is 5.27. The second-order valence-electron chi connectivity index (χ2n) is 7.17. The van der Waals surface area contributed by atoms with Gasteiger partial charge in [0.2, 0.25) is 0 Å². The van der Waals surface area contributed by atoms with Crippen LogP contribution in [0.3, 0.4) is 0 Å². The first-order valence-electron chi connectivity index (χ1n) is 9.58. The zero-order valence-corrected chi connectivity index (χ0v) is 16.1. The zero-order chi connectivity index (χ0) is 17.7. The highest BCUT2D eigenvalue weighted by Crippen LogP contribution is 2.31. The Morgan fingerprint density at radius 1 is 1.04 bits per heavy atom. The molecule has 0 N–H and O–H groups in total. The minimum atomic E-state index is -0.380. The lowest BCUT2D eigenvalue weighted by atomic mass is 9.76. The monoisotopic (exact) mass is 326 g/mol. The molecule has 0 aromatic carbocycles. The van der Waals surface area contributed by atoms with Crippen LogP contribution in [0.25, 0.3) is 0 Å². The van der Waals surface area contributed by atoms with E-state index in [1.165, 1.54) is 12.8 Å². The lowest BCUT2D eigenvalue weighted by Gasteiger charge is -2.27. The Labute approximate surface area is 143 Å². The Kier molecular flexibility index (Phi) is 12.1. The maximum atomic E-state index is 12.5. The van der Waals surface area contributed by atoms with Crippen molar-refractivity contribution in [1.82, 2.24) is 0 Å². The minimum absolute atomic E-state index is 0.157. The van der Waals surface area contributed by atoms with Gasteiger partial charge in [-0.2, -0.15) is 0 Å². The van der Waals surface area contributed by atoms with Crippen LogP contribution >= 0.6 is 0 Å². The molecule has 136 valence electrons. The number of carbonyl (C=O) groups excluding carboxylic acids is 2. The largest absolute Gasteiger partial charge is 0.466 e. The summed E-state index contributed by atoms with van der Waals surface area (Å²) in [6.07, 6.45) is 8.87. The molecule has 0 radical (unpaired) electrons. The van der Waals surface area contributed by atoms with Gasteiger partial charge in [-0.05, 0) is 31.6 Å². The molecule has 0 aliphatic heterocycles. The van der Waals surface area contributed by atoms with Gasteiger partial charge < -0.3 is 4.74 Å². The quantitative estimate of drug-likeness (QED) is 0.304. The van der Waals surface area contributed by atoms with E-state index in [1.54, 1.807) is 0 Å². The van der Waals surface area contributed by atoms with Crippen molar-refractivity contribution in [2.45, 2.75) is 98.8 Å². The Balaban J connectivity index is 4.14. The summed E-state index contributed by atoms with van der Waals surface area (Å²) in [7, 11) is 0. The van der Waals surface area contributed by atoms with Crippen LogP contribution in [-0.4, -0.2) is 18.4 Å². The molecule has 23 heavy (non-hydrogen) atoms. The molecule has 0 amide bonds. The minimum Gasteiger partial charge on any atom is -0.466 e. The van der Waals surface area contributed by atoms with Crippen LogP contribution in [0.2, 0.25) is 0 Å². The SMILES string of the molecule is CCCCCCOC(=O)CCC(C)(CC)C(=O)CCC(C)CC. The molecule has 0 aliphatic rings. The van der Waals surface area contributed by atoms with Gasteiger partial charge in [0.15, 0.2) is 0 Å². The molecule has 0 bridgehead atoms. The van der Waals surface area contributed by atoms with Gasteiger partial charge in [-0.25, -0.2) is 0 Å². The van der Waals surface area contributed by atoms with Crippen molar-refractivity contribution in [2.75, 3.05) is 6.61 Å². The molecule has 0 aromatic rings. The van der Waals surface area contributed by atoms with E-state index in [9.17, 15) is 9.59 Å².